The van der Waals surface area contributed by atoms with Crippen LogP contribution in [0.1, 0.15) is 6.42 Å². The van der Waals surface area contributed by atoms with Gasteiger partial charge in [0.25, 0.3) is 5.91 Å². The Morgan fingerprint density at radius 2 is 2.00 bits per heavy atom. The molecule has 1 amide bonds. The van der Waals surface area contributed by atoms with Crippen LogP contribution in [0.5, 0.6) is 5.75 Å². The van der Waals surface area contributed by atoms with Gasteiger partial charge in [-0.3, -0.25) is 4.79 Å². The first kappa shape index (κ1) is 18.5. The number of esters is 1. The maximum Gasteiger partial charge on any atom is 0.328 e. The first-order valence-corrected chi connectivity index (χ1v) is 7.17. The lowest BCUT2D eigenvalue weighted by atomic mass is 10.2. The van der Waals surface area contributed by atoms with Crippen molar-refractivity contribution in [1.29, 1.82) is 0 Å². The number of ether oxygens (including phenoxy) is 3. The summed E-state index contributed by atoms with van der Waals surface area (Å²) in [6.07, 6.45) is 0.298. The molecule has 0 heterocycles. The van der Waals surface area contributed by atoms with Crippen molar-refractivity contribution in [2.24, 2.45) is 0 Å². The molecule has 0 unspecified atom stereocenters. The van der Waals surface area contributed by atoms with E-state index in [4.69, 9.17) is 32.7 Å². The molecule has 0 fully saturated rings. The fourth-order valence-electron chi connectivity index (χ4n) is 1.59. The number of halogens is 2. The van der Waals surface area contributed by atoms with Crippen LogP contribution in [-0.4, -0.2) is 45.4 Å². The van der Waals surface area contributed by atoms with E-state index < -0.39 is 17.9 Å². The summed E-state index contributed by atoms with van der Waals surface area (Å²) in [4.78, 5) is 23.4. The maximum atomic E-state index is 11.8. The van der Waals surface area contributed by atoms with Crippen LogP contribution in [-0.2, 0) is 19.1 Å². The highest BCUT2D eigenvalue weighted by Crippen LogP contribution is 2.27. The Hall–Kier alpha value is -1.50. The zero-order chi connectivity index (χ0) is 16.5. The quantitative estimate of drug-likeness (QED) is 0.727. The van der Waals surface area contributed by atoms with E-state index in [0.29, 0.717) is 23.1 Å². The largest absolute Gasteiger partial charge is 0.482 e. The van der Waals surface area contributed by atoms with Gasteiger partial charge in [0, 0.05) is 31.2 Å². The lowest BCUT2D eigenvalue weighted by Gasteiger charge is -2.16. The smallest absolute Gasteiger partial charge is 0.328 e. The van der Waals surface area contributed by atoms with Crippen molar-refractivity contribution in [1.82, 2.24) is 5.32 Å². The molecule has 22 heavy (non-hydrogen) atoms. The van der Waals surface area contributed by atoms with Crippen LogP contribution in [0.15, 0.2) is 18.2 Å². The molecule has 0 saturated carbocycles. The van der Waals surface area contributed by atoms with Gasteiger partial charge in [-0.05, 0) is 12.1 Å². The Morgan fingerprint density at radius 1 is 1.27 bits per heavy atom. The number of nitrogens with one attached hydrogen (secondary N) is 1. The molecule has 1 atom stereocenters. The minimum Gasteiger partial charge on any atom is -0.482 e. The first-order valence-electron chi connectivity index (χ1n) is 6.42. The molecule has 0 saturated heterocycles. The third-order valence-corrected chi connectivity index (χ3v) is 3.23. The van der Waals surface area contributed by atoms with Crippen molar-refractivity contribution < 1.29 is 23.8 Å². The van der Waals surface area contributed by atoms with Gasteiger partial charge in [0.05, 0.1) is 12.1 Å². The van der Waals surface area contributed by atoms with Gasteiger partial charge < -0.3 is 19.5 Å². The molecule has 0 aromatic heterocycles. The number of hydrogen-bond acceptors (Lipinski definition) is 5. The number of amides is 1. The molecule has 6 nitrogen and oxygen atoms in total. The Labute approximate surface area is 138 Å². The van der Waals surface area contributed by atoms with Crippen LogP contribution < -0.4 is 10.1 Å². The van der Waals surface area contributed by atoms with Gasteiger partial charge in [-0.1, -0.05) is 23.2 Å². The van der Waals surface area contributed by atoms with E-state index in [1.807, 2.05) is 0 Å². The van der Waals surface area contributed by atoms with Crippen molar-refractivity contribution in [3.8, 4) is 5.75 Å². The average molecular weight is 350 g/mol. The molecule has 0 aliphatic rings. The van der Waals surface area contributed by atoms with Crippen LogP contribution >= 0.6 is 23.2 Å². The van der Waals surface area contributed by atoms with Gasteiger partial charge in [0.2, 0.25) is 0 Å². The summed E-state index contributed by atoms with van der Waals surface area (Å²) in [5.41, 5.74) is 0. The summed E-state index contributed by atoms with van der Waals surface area (Å²) < 4.78 is 14.8. The SMILES string of the molecule is COCC[C@H](NC(=O)COc1cc(Cl)ccc1Cl)C(=O)OC. The van der Waals surface area contributed by atoms with E-state index >= 15 is 0 Å². The fraction of sp³-hybridized carbons (Fsp3) is 0.429. The molecule has 0 bridgehead atoms. The molecule has 8 heteroatoms. The van der Waals surface area contributed by atoms with Gasteiger partial charge >= 0.3 is 5.97 Å². The molecule has 0 aliphatic carbocycles. The van der Waals surface area contributed by atoms with Crippen molar-refractivity contribution in [2.75, 3.05) is 27.4 Å². The average Bonchev–Trinajstić information content (AvgIpc) is 2.51. The first-order chi connectivity index (χ1) is 10.5. The minimum atomic E-state index is -0.795. The third kappa shape index (κ3) is 6.09. The van der Waals surface area contributed by atoms with E-state index in [9.17, 15) is 9.59 Å². The van der Waals surface area contributed by atoms with Gasteiger partial charge in [-0.2, -0.15) is 0 Å². The summed E-state index contributed by atoms with van der Waals surface area (Å²) in [5, 5.41) is 3.28. The Bertz CT molecular complexity index is 524. The molecule has 122 valence electrons. The molecule has 0 spiro atoms. The zero-order valence-corrected chi connectivity index (χ0v) is 13.7. The van der Waals surface area contributed by atoms with E-state index in [0.717, 1.165) is 0 Å². The zero-order valence-electron chi connectivity index (χ0n) is 12.2. The van der Waals surface area contributed by atoms with E-state index in [-0.39, 0.29) is 12.4 Å². The van der Waals surface area contributed by atoms with Crippen LogP contribution in [0, 0.1) is 0 Å². The third-order valence-electron chi connectivity index (χ3n) is 2.68. The lowest BCUT2D eigenvalue weighted by molar-refractivity contribution is -0.145. The Morgan fingerprint density at radius 3 is 2.64 bits per heavy atom. The van der Waals surface area contributed by atoms with E-state index in [1.165, 1.54) is 20.3 Å². The van der Waals surface area contributed by atoms with E-state index in [2.05, 4.69) is 10.1 Å². The maximum absolute atomic E-state index is 11.8. The highest BCUT2D eigenvalue weighted by atomic mass is 35.5. The summed E-state index contributed by atoms with van der Waals surface area (Å²) in [6, 6.07) is 3.87. The van der Waals surface area contributed by atoms with Gasteiger partial charge in [0.15, 0.2) is 6.61 Å². The molecule has 1 N–H and O–H groups in total. The lowest BCUT2D eigenvalue weighted by Crippen LogP contribution is -2.44. The fourth-order valence-corrected chi connectivity index (χ4v) is 1.93. The standard InChI is InChI=1S/C14H17Cl2NO5/c1-20-6-5-11(14(19)21-2)17-13(18)8-22-12-7-9(15)3-4-10(12)16/h3-4,7,11H,5-6,8H2,1-2H3,(H,17,18)/t11-/m0/s1. The number of carbonyl (C=O) groups excluding carboxylic acids is 2. The molecular formula is C14H17Cl2NO5. The summed E-state index contributed by atoms with van der Waals surface area (Å²) in [5.74, 6) is -0.746. The highest BCUT2D eigenvalue weighted by Gasteiger charge is 2.21. The Balaban J connectivity index is 2.56. The van der Waals surface area contributed by atoms with Crippen molar-refractivity contribution in [3.63, 3.8) is 0 Å². The van der Waals surface area contributed by atoms with Crippen LogP contribution in [0.25, 0.3) is 0 Å². The summed E-state index contributed by atoms with van der Waals surface area (Å²) in [7, 11) is 2.75. The van der Waals surface area contributed by atoms with Gasteiger partial charge in [-0.25, -0.2) is 4.79 Å². The Kier molecular flexibility index (Phi) is 8.01. The minimum absolute atomic E-state index is 0.288. The molecule has 0 aliphatic heterocycles. The van der Waals surface area contributed by atoms with Crippen LogP contribution in [0.4, 0.5) is 0 Å². The summed E-state index contributed by atoms with van der Waals surface area (Å²) >= 11 is 11.7. The van der Waals surface area contributed by atoms with E-state index in [1.54, 1.807) is 12.1 Å². The molecule has 1 aromatic rings. The van der Waals surface area contributed by atoms with Crippen LogP contribution in [0.3, 0.4) is 0 Å². The summed E-state index contributed by atoms with van der Waals surface area (Å²) in [6.45, 7) is 0.00155. The molecular weight excluding hydrogens is 333 g/mol. The van der Waals surface area contributed by atoms with Gasteiger partial charge in [0.1, 0.15) is 11.8 Å². The highest BCUT2D eigenvalue weighted by molar-refractivity contribution is 6.34. The topological polar surface area (TPSA) is 73.9 Å². The number of hydrogen-bond donors (Lipinski definition) is 1. The predicted molar refractivity (Wildman–Crippen MR) is 82.4 cm³/mol. The number of methoxy groups -OCH3 is 2. The predicted octanol–water partition coefficient (Wildman–Crippen LogP) is 2.07. The van der Waals surface area contributed by atoms with Crippen molar-refractivity contribution >= 4 is 35.1 Å². The van der Waals surface area contributed by atoms with Gasteiger partial charge in [-0.15, -0.1) is 0 Å². The number of rotatable bonds is 8. The molecule has 0 radical (unpaired) electrons. The van der Waals surface area contributed by atoms with Crippen molar-refractivity contribution in [3.05, 3.63) is 28.2 Å². The monoisotopic (exact) mass is 349 g/mol. The second kappa shape index (κ2) is 9.50. The second-order valence-electron chi connectivity index (χ2n) is 4.29. The second-order valence-corrected chi connectivity index (χ2v) is 5.13. The normalized spacial score (nSPS) is 11.6. The number of carbonyl (C=O) groups is 2. The molecule has 1 aromatic carbocycles. The van der Waals surface area contributed by atoms with Crippen LogP contribution in [0.2, 0.25) is 10.0 Å². The molecule has 1 rings (SSSR count). The van der Waals surface area contributed by atoms with Crippen molar-refractivity contribution in [2.45, 2.75) is 12.5 Å². The number of benzene rings is 1.